The maximum Gasteiger partial charge on any atom is 0.181 e. The largest absolute Gasteiger partial charge is 0.334 e. The quantitative estimate of drug-likeness (QED) is 0.653. The maximum atomic E-state index is 4.30. The van der Waals surface area contributed by atoms with Gasteiger partial charge in [0.2, 0.25) is 0 Å². The van der Waals surface area contributed by atoms with Crippen molar-refractivity contribution in [1.82, 2.24) is 29.9 Å². The molecule has 16 heavy (non-hydrogen) atoms. The number of fused-ring (bicyclic) bond motifs is 1. The van der Waals surface area contributed by atoms with Gasteiger partial charge in [0.25, 0.3) is 0 Å². The SMILES string of the molecule is Cc1cnc(-c2nc3ncncc3[nH]2)cn1. The minimum Gasteiger partial charge on any atom is -0.334 e. The fourth-order valence-electron chi connectivity index (χ4n) is 1.40. The van der Waals surface area contributed by atoms with Crippen LogP contribution in [-0.4, -0.2) is 29.9 Å². The average molecular weight is 212 g/mol. The summed E-state index contributed by atoms with van der Waals surface area (Å²) in [5, 5.41) is 0. The fraction of sp³-hybridized carbons (Fsp3) is 0.100. The summed E-state index contributed by atoms with van der Waals surface area (Å²) in [6.07, 6.45) is 6.53. The van der Waals surface area contributed by atoms with Crippen LogP contribution in [0, 0.1) is 6.92 Å². The van der Waals surface area contributed by atoms with E-state index in [1.54, 1.807) is 18.6 Å². The lowest BCUT2D eigenvalue weighted by Crippen LogP contribution is -1.89. The highest BCUT2D eigenvalue weighted by Gasteiger charge is 2.06. The van der Waals surface area contributed by atoms with Gasteiger partial charge in [-0.3, -0.25) is 4.98 Å². The minimum atomic E-state index is 0.632. The Labute approximate surface area is 90.8 Å². The molecule has 0 radical (unpaired) electrons. The molecule has 0 saturated heterocycles. The van der Waals surface area contributed by atoms with Gasteiger partial charge in [-0.1, -0.05) is 0 Å². The van der Waals surface area contributed by atoms with Crippen LogP contribution < -0.4 is 0 Å². The Morgan fingerprint density at radius 1 is 1.06 bits per heavy atom. The lowest BCUT2D eigenvalue weighted by molar-refractivity contribution is 1.10. The number of aromatic nitrogens is 6. The normalized spacial score (nSPS) is 10.8. The van der Waals surface area contributed by atoms with Gasteiger partial charge in [-0.15, -0.1) is 0 Å². The zero-order valence-corrected chi connectivity index (χ0v) is 8.55. The van der Waals surface area contributed by atoms with Crippen LogP contribution in [0.1, 0.15) is 5.69 Å². The van der Waals surface area contributed by atoms with Crippen molar-refractivity contribution in [1.29, 1.82) is 0 Å². The van der Waals surface area contributed by atoms with E-state index in [2.05, 4.69) is 29.9 Å². The van der Waals surface area contributed by atoms with Crippen LogP contribution in [0.4, 0.5) is 0 Å². The molecule has 0 saturated carbocycles. The molecule has 0 aliphatic carbocycles. The second-order valence-corrected chi connectivity index (χ2v) is 3.39. The van der Waals surface area contributed by atoms with Crippen LogP contribution in [-0.2, 0) is 0 Å². The molecule has 6 heteroatoms. The lowest BCUT2D eigenvalue weighted by Gasteiger charge is -1.94. The zero-order chi connectivity index (χ0) is 11.0. The van der Waals surface area contributed by atoms with E-state index in [0.29, 0.717) is 17.2 Å². The average Bonchev–Trinajstić information content (AvgIpc) is 2.73. The summed E-state index contributed by atoms with van der Waals surface area (Å²) in [6.45, 7) is 1.89. The molecule has 3 aromatic rings. The van der Waals surface area contributed by atoms with Gasteiger partial charge in [0.1, 0.15) is 17.5 Å². The van der Waals surface area contributed by atoms with E-state index < -0.39 is 0 Å². The highest BCUT2D eigenvalue weighted by Crippen LogP contribution is 2.15. The second-order valence-electron chi connectivity index (χ2n) is 3.39. The molecule has 0 aliphatic heterocycles. The van der Waals surface area contributed by atoms with Crippen molar-refractivity contribution in [3.8, 4) is 11.5 Å². The van der Waals surface area contributed by atoms with Gasteiger partial charge in [-0.2, -0.15) is 0 Å². The summed E-state index contributed by atoms with van der Waals surface area (Å²) in [5.41, 5.74) is 3.00. The van der Waals surface area contributed by atoms with E-state index in [0.717, 1.165) is 11.2 Å². The number of aryl methyl sites for hydroxylation is 1. The fourth-order valence-corrected chi connectivity index (χ4v) is 1.40. The third kappa shape index (κ3) is 1.40. The third-order valence-electron chi connectivity index (χ3n) is 2.19. The molecule has 0 aromatic carbocycles. The van der Waals surface area contributed by atoms with Crippen LogP contribution >= 0.6 is 0 Å². The zero-order valence-electron chi connectivity index (χ0n) is 8.55. The molecule has 0 fully saturated rings. The van der Waals surface area contributed by atoms with Crippen molar-refractivity contribution in [2.75, 3.05) is 0 Å². The summed E-state index contributed by atoms with van der Waals surface area (Å²) in [6, 6.07) is 0. The third-order valence-corrected chi connectivity index (χ3v) is 2.19. The summed E-state index contributed by atoms with van der Waals surface area (Å²) in [4.78, 5) is 23.8. The van der Waals surface area contributed by atoms with Crippen LogP contribution in [0.15, 0.2) is 24.9 Å². The molecule has 0 spiro atoms. The molecule has 0 unspecified atom stereocenters. The van der Waals surface area contributed by atoms with Crippen LogP contribution in [0.2, 0.25) is 0 Å². The van der Waals surface area contributed by atoms with Crippen molar-refractivity contribution in [3.05, 3.63) is 30.6 Å². The van der Waals surface area contributed by atoms with Crippen molar-refractivity contribution >= 4 is 11.2 Å². The first-order valence-electron chi connectivity index (χ1n) is 4.78. The van der Waals surface area contributed by atoms with Gasteiger partial charge in [-0.25, -0.2) is 19.9 Å². The lowest BCUT2D eigenvalue weighted by atomic mass is 10.4. The second kappa shape index (κ2) is 3.34. The number of hydrogen-bond acceptors (Lipinski definition) is 5. The number of imidazole rings is 1. The standard InChI is InChI=1S/C10H8N6/c1-6-2-13-7(4-12-6)10-15-8-3-11-5-14-9(8)16-10/h2-5H,1H3,(H,11,14,15,16). The van der Waals surface area contributed by atoms with Gasteiger partial charge in [0, 0.05) is 6.20 Å². The minimum absolute atomic E-state index is 0.632. The molecule has 3 aromatic heterocycles. The first-order chi connectivity index (χ1) is 7.83. The Balaban J connectivity index is 2.15. The van der Waals surface area contributed by atoms with Gasteiger partial charge in [-0.05, 0) is 6.92 Å². The molecule has 0 aliphatic rings. The Bertz CT molecular complexity index is 594. The van der Waals surface area contributed by atoms with Crippen LogP contribution in [0.5, 0.6) is 0 Å². The number of rotatable bonds is 1. The molecule has 78 valence electrons. The monoisotopic (exact) mass is 212 g/mol. The van der Waals surface area contributed by atoms with E-state index >= 15 is 0 Å². The molecular weight excluding hydrogens is 204 g/mol. The van der Waals surface area contributed by atoms with E-state index in [1.807, 2.05) is 6.92 Å². The number of aromatic amines is 1. The smallest absolute Gasteiger partial charge is 0.181 e. The summed E-state index contributed by atoms with van der Waals surface area (Å²) in [7, 11) is 0. The van der Waals surface area contributed by atoms with E-state index in [4.69, 9.17) is 0 Å². The summed E-state index contributed by atoms with van der Waals surface area (Å²) in [5.74, 6) is 0.656. The molecule has 0 amide bonds. The summed E-state index contributed by atoms with van der Waals surface area (Å²) >= 11 is 0. The Morgan fingerprint density at radius 3 is 2.75 bits per heavy atom. The summed E-state index contributed by atoms with van der Waals surface area (Å²) < 4.78 is 0. The van der Waals surface area contributed by atoms with Crippen molar-refractivity contribution in [2.45, 2.75) is 6.92 Å². The Kier molecular flexibility index (Phi) is 1.86. The molecule has 6 nitrogen and oxygen atoms in total. The van der Waals surface area contributed by atoms with Gasteiger partial charge < -0.3 is 4.98 Å². The van der Waals surface area contributed by atoms with E-state index in [-0.39, 0.29) is 0 Å². The molecule has 3 heterocycles. The molecular formula is C10H8N6. The van der Waals surface area contributed by atoms with Gasteiger partial charge >= 0.3 is 0 Å². The number of nitrogens with one attached hydrogen (secondary N) is 1. The van der Waals surface area contributed by atoms with Gasteiger partial charge in [0.05, 0.1) is 18.1 Å². The van der Waals surface area contributed by atoms with Gasteiger partial charge in [0.15, 0.2) is 11.5 Å². The first kappa shape index (κ1) is 8.90. The highest BCUT2D eigenvalue weighted by atomic mass is 15.0. The van der Waals surface area contributed by atoms with E-state index in [1.165, 1.54) is 6.33 Å². The molecule has 1 N–H and O–H groups in total. The Hall–Kier alpha value is -2.37. The van der Waals surface area contributed by atoms with Crippen molar-refractivity contribution < 1.29 is 0 Å². The molecule has 0 atom stereocenters. The highest BCUT2D eigenvalue weighted by molar-refractivity contribution is 5.73. The molecule has 0 bridgehead atoms. The van der Waals surface area contributed by atoms with E-state index in [9.17, 15) is 0 Å². The number of nitrogens with zero attached hydrogens (tertiary/aromatic N) is 5. The topological polar surface area (TPSA) is 80.2 Å². The number of hydrogen-bond donors (Lipinski definition) is 1. The predicted molar refractivity (Wildman–Crippen MR) is 57.4 cm³/mol. The maximum absolute atomic E-state index is 4.30. The van der Waals surface area contributed by atoms with Crippen molar-refractivity contribution in [3.63, 3.8) is 0 Å². The molecule has 3 rings (SSSR count). The predicted octanol–water partition coefficient (Wildman–Crippen LogP) is 1.12. The van der Waals surface area contributed by atoms with Crippen LogP contribution in [0.3, 0.4) is 0 Å². The van der Waals surface area contributed by atoms with Crippen molar-refractivity contribution in [2.24, 2.45) is 0 Å². The first-order valence-corrected chi connectivity index (χ1v) is 4.78. The van der Waals surface area contributed by atoms with Crippen LogP contribution in [0.25, 0.3) is 22.7 Å². The Morgan fingerprint density at radius 2 is 2.00 bits per heavy atom. The number of H-pyrrole nitrogens is 1.